The number of hydrazone groups is 1. The highest BCUT2D eigenvalue weighted by atomic mass is 32.2. The zero-order valence-corrected chi connectivity index (χ0v) is 38.7. The fourth-order valence-electron chi connectivity index (χ4n) is 6.59. The van der Waals surface area contributed by atoms with E-state index in [9.17, 15) is 78.8 Å². The molecule has 5 aromatic rings. The van der Waals surface area contributed by atoms with E-state index in [2.05, 4.69) is 35.8 Å². The van der Waals surface area contributed by atoms with Crippen molar-refractivity contribution in [2.75, 3.05) is 38.5 Å². The van der Waals surface area contributed by atoms with Crippen LogP contribution in [0.4, 0.5) is 34.1 Å². The van der Waals surface area contributed by atoms with E-state index in [-0.39, 0.29) is 57.7 Å². The van der Waals surface area contributed by atoms with Gasteiger partial charge in [-0.1, -0.05) is 0 Å². The summed E-state index contributed by atoms with van der Waals surface area (Å²) in [7, 11) is -14.5. The molecule has 1 aliphatic rings. The number of methoxy groups -OCH3 is 1. The number of hydrogen-bond donors (Lipinski definition) is 8. The summed E-state index contributed by atoms with van der Waals surface area (Å²) in [5, 5.41) is 76.2. The van der Waals surface area contributed by atoms with E-state index >= 15 is 0 Å². The summed E-state index contributed by atoms with van der Waals surface area (Å²) in [5.41, 5.74) is -2.91. The molecule has 0 saturated carbocycles. The van der Waals surface area contributed by atoms with Crippen LogP contribution >= 0.6 is 0 Å². The molecule has 0 fully saturated rings. The van der Waals surface area contributed by atoms with Crippen molar-refractivity contribution in [2.24, 2.45) is 35.8 Å². The number of phenolic OH excluding ortho intramolecular Hbond substituents is 1. The van der Waals surface area contributed by atoms with E-state index < -0.39 is 129 Å². The number of aromatic hydroxyl groups is 1. The highest BCUT2D eigenvalue weighted by Gasteiger charge is 2.38. The summed E-state index contributed by atoms with van der Waals surface area (Å²) in [4.78, 5) is 33.5. The van der Waals surface area contributed by atoms with E-state index in [0.29, 0.717) is 11.1 Å². The predicted octanol–water partition coefficient (Wildman–Crippen LogP) is 5.20. The molecule has 0 radical (unpaired) electrons. The number of carbonyl (C=O) groups excluding carboxylic acids is 1. The molecule has 0 bridgehead atoms. The Hall–Kier alpha value is -7.91. The van der Waals surface area contributed by atoms with Crippen LogP contribution in [0.15, 0.2) is 117 Å². The number of nitrogens with zero attached hydrogens (tertiary/aromatic N) is 8. The minimum Gasteiger partial charge on any atom is -0.505 e. The number of aryl methyl sites for hydroxylation is 1. The number of aliphatic carboxylic acids is 1. The second-order valence-electron chi connectivity index (χ2n) is 14.4. The first-order chi connectivity index (χ1) is 33.4. The molecule has 0 saturated heterocycles. The van der Waals surface area contributed by atoms with Crippen molar-refractivity contribution in [3.05, 3.63) is 77.9 Å². The average molecular weight is 1040 g/mol. The Morgan fingerprint density at radius 1 is 0.690 bits per heavy atom. The maximum atomic E-state index is 13.5. The number of aliphatic hydroxyl groups excluding tert-OH is 2. The van der Waals surface area contributed by atoms with E-state index in [1.807, 2.05) is 0 Å². The molecule has 1 amide bonds. The third-order valence-corrected chi connectivity index (χ3v) is 12.5. The van der Waals surface area contributed by atoms with E-state index in [1.165, 1.54) is 32.2 Å². The van der Waals surface area contributed by atoms with Crippen LogP contribution in [0.3, 0.4) is 0 Å². The van der Waals surface area contributed by atoms with Crippen LogP contribution in [-0.4, -0.2) is 128 Å². The lowest BCUT2D eigenvalue weighted by Crippen LogP contribution is -2.31. The van der Waals surface area contributed by atoms with Gasteiger partial charge in [-0.25, -0.2) is 4.79 Å². The number of ether oxygens (including phenoxy) is 3. The van der Waals surface area contributed by atoms with Gasteiger partial charge in [0.05, 0.1) is 43.7 Å². The first kappa shape index (κ1) is 52.5. The summed E-state index contributed by atoms with van der Waals surface area (Å²) in [5.74, 6) is -5.57. The zero-order chi connectivity index (χ0) is 52.2. The third kappa shape index (κ3) is 11.8. The van der Waals surface area contributed by atoms with Crippen molar-refractivity contribution < 1.29 is 93.0 Å². The number of aromatic carboxylic acids is 1. The second kappa shape index (κ2) is 21.0. The smallest absolute Gasteiger partial charge is 0.335 e. The molecule has 1 unspecified atom stereocenters. The summed E-state index contributed by atoms with van der Waals surface area (Å²) in [6, 6.07) is 9.53. The van der Waals surface area contributed by atoms with Crippen molar-refractivity contribution in [3.63, 3.8) is 0 Å². The van der Waals surface area contributed by atoms with Gasteiger partial charge in [-0.15, -0.1) is 20.5 Å². The van der Waals surface area contributed by atoms with Gasteiger partial charge in [0.15, 0.2) is 11.8 Å². The topological polar surface area (TPSA) is 433 Å². The number of fused-ring (bicyclic) bond motifs is 1. The van der Waals surface area contributed by atoms with Crippen LogP contribution in [0.5, 0.6) is 23.0 Å². The quantitative estimate of drug-likeness (QED) is 0.0366. The molecule has 1 atom stereocenters. The molecule has 8 N–H and O–H groups in total. The van der Waals surface area contributed by atoms with Crippen molar-refractivity contribution >= 4 is 98.8 Å². The first-order valence-electron chi connectivity index (χ1n) is 19.7. The van der Waals surface area contributed by atoms with Gasteiger partial charge in [0.1, 0.15) is 73.6 Å². The summed E-state index contributed by atoms with van der Waals surface area (Å²) < 4.78 is 122. The predicted molar refractivity (Wildman–Crippen MR) is 242 cm³/mol. The lowest BCUT2D eigenvalue weighted by atomic mass is 10.1. The van der Waals surface area contributed by atoms with Gasteiger partial charge in [0, 0.05) is 29.0 Å². The number of carboxylic acids is 2. The molecule has 31 heteroatoms. The number of phenols is 1. The number of anilines is 1. The summed E-state index contributed by atoms with van der Waals surface area (Å²) >= 11 is 0. The Labute approximate surface area is 399 Å². The Kier molecular flexibility index (Phi) is 15.5. The number of carbonyl (C=O) groups is 3. The second-order valence-corrected chi connectivity index (χ2v) is 18.5. The number of azo groups is 3. The monoisotopic (exact) mass is 1040 g/mol. The van der Waals surface area contributed by atoms with Gasteiger partial charge in [0.2, 0.25) is 0 Å². The minimum absolute atomic E-state index is 0.0165. The Balaban J connectivity index is 1.46. The molecule has 28 nitrogen and oxygen atoms in total. The molecule has 0 spiro atoms. The molecule has 0 aromatic heterocycles. The lowest BCUT2D eigenvalue weighted by Gasteiger charge is -2.14. The SMILES string of the molecule is COc1cc(S(=O)(=O)O)c(C)cc1/N=N/c1cc(OCCO)c(/N=N/c2c(S(=O)(=O)O)cc3c(S(=O)(=O)O)c(/N=N/C4C(=O)N(c5ccc(C(=O)O)cc5)N=C4CC(=O)O)ccc3c2O)cc1OCCO. The fraction of sp³-hybridized carbons (Fsp3) is 0.200. The highest BCUT2D eigenvalue weighted by molar-refractivity contribution is 7.86. The zero-order valence-electron chi connectivity index (χ0n) is 36.2. The molecule has 0 aliphatic carbocycles. The number of benzene rings is 5. The average Bonchev–Trinajstić information content (AvgIpc) is 3.60. The molecule has 5 aromatic carbocycles. The van der Waals surface area contributed by atoms with Crippen LogP contribution in [0.1, 0.15) is 22.3 Å². The summed E-state index contributed by atoms with van der Waals surface area (Å²) in [6.07, 6.45) is -0.888. The molecule has 1 aliphatic heterocycles. The molecular formula is C40H36N8O20S3. The summed E-state index contributed by atoms with van der Waals surface area (Å²) in [6.45, 7) is -0.520. The first-order valence-corrected chi connectivity index (χ1v) is 24.0. The molecule has 1 heterocycles. The molecular weight excluding hydrogens is 1010 g/mol. The van der Waals surface area contributed by atoms with E-state index in [4.69, 9.17) is 14.2 Å². The van der Waals surface area contributed by atoms with Gasteiger partial charge < -0.3 is 39.7 Å². The Bertz CT molecular complexity index is 3460. The van der Waals surface area contributed by atoms with Gasteiger partial charge in [-0.3, -0.25) is 23.2 Å². The maximum absolute atomic E-state index is 13.5. The molecule has 374 valence electrons. The lowest BCUT2D eigenvalue weighted by molar-refractivity contribution is -0.135. The number of amides is 1. The van der Waals surface area contributed by atoms with E-state index in [0.717, 1.165) is 42.5 Å². The number of hydrogen-bond acceptors (Lipinski definition) is 22. The van der Waals surface area contributed by atoms with Gasteiger partial charge >= 0.3 is 11.9 Å². The number of carboxylic acid groups (broad SMARTS) is 2. The largest absolute Gasteiger partial charge is 0.505 e. The van der Waals surface area contributed by atoms with Crippen LogP contribution in [-0.2, 0) is 39.9 Å². The van der Waals surface area contributed by atoms with Crippen LogP contribution in [0.2, 0.25) is 0 Å². The van der Waals surface area contributed by atoms with Gasteiger partial charge in [-0.05, 0) is 61.0 Å². The minimum atomic E-state index is -5.52. The van der Waals surface area contributed by atoms with E-state index in [1.54, 1.807) is 0 Å². The Morgan fingerprint density at radius 2 is 1.25 bits per heavy atom. The van der Waals surface area contributed by atoms with Crippen molar-refractivity contribution in [1.82, 2.24) is 0 Å². The standard InChI is InChI=1S/C40H36N8O20S3/c1-19-13-25(29(66-2)18-32(19)69(57,58)59)42-43-26-15-31(68-12-10-50)27(16-30(26)67-11-9-49)44-46-36-33(70(60,61)62)14-23-22(37(36)53)7-8-24(38(23)71(63,64)65)41-45-35-28(17-34(51)52)47-48(39(35)54)21-5-3-20(4-6-21)40(55)56/h3-8,13-16,18,35,49-50,53H,9-12,17H2,1-2H3,(H,51,52)(H,55,56)(H,57,58,59)(H,60,61,62)(H,63,64,65)/b43-42+,45-41+,46-44+. The normalized spacial score (nSPS) is 14.5. The van der Waals surface area contributed by atoms with Crippen molar-refractivity contribution in [1.29, 1.82) is 0 Å². The van der Waals surface area contributed by atoms with Crippen LogP contribution in [0.25, 0.3) is 10.8 Å². The Morgan fingerprint density at radius 3 is 1.76 bits per heavy atom. The van der Waals surface area contributed by atoms with Gasteiger partial charge in [0.25, 0.3) is 36.3 Å². The van der Waals surface area contributed by atoms with Crippen LogP contribution < -0.4 is 19.2 Å². The third-order valence-electron chi connectivity index (χ3n) is 9.67. The van der Waals surface area contributed by atoms with Crippen molar-refractivity contribution in [2.45, 2.75) is 34.1 Å². The number of aliphatic hydroxyl groups is 2. The van der Waals surface area contributed by atoms with Crippen molar-refractivity contribution in [3.8, 4) is 23.0 Å². The van der Waals surface area contributed by atoms with Crippen LogP contribution in [0, 0.1) is 6.92 Å². The number of rotatable bonds is 20. The molecule has 71 heavy (non-hydrogen) atoms. The maximum Gasteiger partial charge on any atom is 0.335 e. The molecule has 6 rings (SSSR count). The highest BCUT2D eigenvalue weighted by Crippen LogP contribution is 2.47. The van der Waals surface area contributed by atoms with Gasteiger partial charge in [-0.2, -0.15) is 45.6 Å². The fourth-order valence-corrected chi connectivity index (χ4v) is 8.78.